The Hall–Kier alpha value is -3.08. The molecule has 0 aliphatic rings. The van der Waals surface area contributed by atoms with Crippen LogP contribution in [-0.4, -0.2) is 29.1 Å². The summed E-state index contributed by atoms with van der Waals surface area (Å²) in [4.78, 5) is 18.2. The van der Waals surface area contributed by atoms with E-state index in [1.807, 2.05) is 42.5 Å². The molecule has 0 saturated heterocycles. The van der Waals surface area contributed by atoms with Gasteiger partial charge in [0, 0.05) is 24.4 Å². The first kappa shape index (κ1) is 19.7. The molecule has 3 rings (SSSR count). The molecule has 0 atom stereocenters. The number of carboxylic acids is 1. The Labute approximate surface area is 165 Å². The van der Waals surface area contributed by atoms with Crippen LogP contribution in [-0.2, 0) is 4.79 Å². The van der Waals surface area contributed by atoms with Crippen molar-refractivity contribution in [1.82, 2.24) is 4.98 Å². The highest BCUT2D eigenvalue weighted by Crippen LogP contribution is 2.26. The number of aliphatic carboxylic acids is 1. The van der Waals surface area contributed by atoms with Crippen molar-refractivity contribution in [2.45, 2.75) is 33.1 Å². The van der Waals surface area contributed by atoms with Crippen molar-refractivity contribution < 1.29 is 14.3 Å². The molecule has 0 fully saturated rings. The Morgan fingerprint density at radius 3 is 2.36 bits per heavy atom. The van der Waals surface area contributed by atoms with Gasteiger partial charge in [-0.05, 0) is 48.7 Å². The van der Waals surface area contributed by atoms with Gasteiger partial charge in [0.25, 0.3) is 0 Å². The number of para-hydroxylation sites is 2. The van der Waals surface area contributed by atoms with Crippen LogP contribution in [0.3, 0.4) is 0 Å². The zero-order valence-corrected chi connectivity index (χ0v) is 16.4. The Kier molecular flexibility index (Phi) is 6.48. The van der Waals surface area contributed by atoms with Gasteiger partial charge in [-0.1, -0.05) is 38.1 Å². The summed E-state index contributed by atoms with van der Waals surface area (Å²) in [5, 5.41) is 9.32. The molecule has 0 bridgehead atoms. The van der Waals surface area contributed by atoms with E-state index in [0.717, 1.165) is 37.0 Å². The topological polar surface area (TPSA) is 66.6 Å². The molecule has 0 spiro atoms. The molecule has 0 aliphatic heterocycles. The smallest absolute Gasteiger partial charge is 0.308 e. The van der Waals surface area contributed by atoms with Crippen molar-refractivity contribution in [1.29, 1.82) is 0 Å². The summed E-state index contributed by atoms with van der Waals surface area (Å²) in [6, 6.07) is 15.6. The first-order valence-corrected chi connectivity index (χ1v) is 9.74. The molecule has 28 heavy (non-hydrogen) atoms. The third kappa shape index (κ3) is 4.80. The van der Waals surface area contributed by atoms with Crippen molar-refractivity contribution in [2.75, 3.05) is 18.0 Å². The molecule has 0 amide bonds. The highest BCUT2D eigenvalue weighted by atomic mass is 16.4. The largest absolute Gasteiger partial charge is 0.481 e. The minimum Gasteiger partial charge on any atom is -0.481 e. The van der Waals surface area contributed by atoms with Crippen LogP contribution in [0.15, 0.2) is 52.9 Å². The summed E-state index contributed by atoms with van der Waals surface area (Å²) in [5.41, 5.74) is 4.03. The number of aromatic nitrogens is 1. The third-order valence-electron chi connectivity index (χ3n) is 4.50. The fourth-order valence-corrected chi connectivity index (χ4v) is 3.25. The third-order valence-corrected chi connectivity index (χ3v) is 4.50. The summed E-state index contributed by atoms with van der Waals surface area (Å²) in [7, 11) is 0. The predicted octanol–water partition coefficient (Wildman–Crippen LogP) is 5.47. The molecule has 1 heterocycles. The number of anilines is 1. The molecule has 0 unspecified atom stereocenters. The number of carboxylic acid groups (broad SMARTS) is 1. The molecular formula is C23H26N2O3. The van der Waals surface area contributed by atoms with E-state index in [9.17, 15) is 9.90 Å². The standard InChI is InChI=1S/C23H26N2O3/c1-3-13-25(14-4-2)19-11-9-17(10-12-19)15-18(16-22(26)27)23-24-20-7-5-6-8-21(20)28-23/h5-12,15H,3-4,13-14,16H2,1-2H3,(H,26,27)/b18-15-. The summed E-state index contributed by atoms with van der Waals surface area (Å²) >= 11 is 0. The lowest BCUT2D eigenvalue weighted by Crippen LogP contribution is -2.24. The van der Waals surface area contributed by atoms with E-state index in [2.05, 4.69) is 35.9 Å². The number of nitrogens with zero attached hydrogens (tertiary/aromatic N) is 2. The van der Waals surface area contributed by atoms with Crippen molar-refractivity contribution in [3.8, 4) is 0 Å². The first-order valence-electron chi connectivity index (χ1n) is 9.74. The maximum Gasteiger partial charge on any atom is 0.308 e. The molecule has 0 saturated carbocycles. The van der Waals surface area contributed by atoms with Crippen LogP contribution >= 0.6 is 0 Å². The van der Waals surface area contributed by atoms with Gasteiger partial charge in [0.15, 0.2) is 5.58 Å². The molecule has 5 nitrogen and oxygen atoms in total. The number of benzene rings is 2. The van der Waals surface area contributed by atoms with Crippen molar-refractivity contribution in [3.63, 3.8) is 0 Å². The normalized spacial score (nSPS) is 11.7. The SMILES string of the molecule is CCCN(CCC)c1ccc(/C=C(/CC(=O)O)c2nc3ccccc3o2)cc1. The van der Waals surface area contributed by atoms with Crippen LogP contribution in [0.5, 0.6) is 0 Å². The second kappa shape index (κ2) is 9.22. The Morgan fingerprint density at radius 2 is 1.75 bits per heavy atom. The van der Waals surface area contributed by atoms with Crippen molar-refractivity contribution in [2.24, 2.45) is 0 Å². The highest BCUT2D eigenvalue weighted by molar-refractivity contribution is 5.91. The molecular weight excluding hydrogens is 352 g/mol. The molecule has 1 aromatic heterocycles. The molecule has 2 aromatic carbocycles. The maximum atomic E-state index is 11.4. The molecule has 0 aliphatic carbocycles. The predicted molar refractivity (Wildman–Crippen MR) is 113 cm³/mol. The maximum absolute atomic E-state index is 11.4. The molecule has 0 radical (unpaired) electrons. The fraction of sp³-hybridized carbons (Fsp3) is 0.304. The van der Waals surface area contributed by atoms with Crippen LogP contribution in [0.2, 0.25) is 0 Å². The molecule has 3 aromatic rings. The van der Waals surface area contributed by atoms with E-state index < -0.39 is 5.97 Å². The van der Waals surface area contributed by atoms with Gasteiger partial charge in [-0.25, -0.2) is 4.98 Å². The second-order valence-corrected chi connectivity index (χ2v) is 6.81. The average molecular weight is 378 g/mol. The number of rotatable bonds is 9. The summed E-state index contributed by atoms with van der Waals surface area (Å²) in [5.74, 6) is -0.562. The van der Waals surface area contributed by atoms with Gasteiger partial charge < -0.3 is 14.4 Å². The minimum atomic E-state index is -0.915. The number of fused-ring (bicyclic) bond motifs is 1. The van der Waals surface area contributed by atoms with E-state index in [-0.39, 0.29) is 6.42 Å². The van der Waals surface area contributed by atoms with Gasteiger partial charge in [0.1, 0.15) is 5.52 Å². The van der Waals surface area contributed by atoms with E-state index in [1.54, 1.807) is 0 Å². The molecule has 5 heteroatoms. The Balaban J connectivity index is 1.90. The summed E-state index contributed by atoms with van der Waals surface area (Å²) in [6.45, 7) is 6.41. The summed E-state index contributed by atoms with van der Waals surface area (Å²) in [6.07, 6.45) is 3.89. The van der Waals surface area contributed by atoms with Crippen LogP contribution in [0.25, 0.3) is 22.7 Å². The van der Waals surface area contributed by atoms with Crippen LogP contribution in [0.4, 0.5) is 5.69 Å². The number of oxazole rings is 1. The Bertz CT molecular complexity index is 918. The summed E-state index contributed by atoms with van der Waals surface area (Å²) < 4.78 is 5.78. The van der Waals surface area contributed by atoms with Gasteiger partial charge >= 0.3 is 5.97 Å². The van der Waals surface area contributed by atoms with Crippen LogP contribution < -0.4 is 4.90 Å². The average Bonchev–Trinajstić information content (AvgIpc) is 3.12. The van der Waals surface area contributed by atoms with E-state index in [1.165, 1.54) is 5.69 Å². The Morgan fingerprint density at radius 1 is 1.07 bits per heavy atom. The minimum absolute atomic E-state index is 0.146. The zero-order valence-electron chi connectivity index (χ0n) is 16.4. The lowest BCUT2D eigenvalue weighted by atomic mass is 10.1. The lowest BCUT2D eigenvalue weighted by Gasteiger charge is -2.23. The zero-order chi connectivity index (χ0) is 19.9. The second-order valence-electron chi connectivity index (χ2n) is 6.81. The molecule has 146 valence electrons. The van der Waals surface area contributed by atoms with Gasteiger partial charge in [-0.3, -0.25) is 4.79 Å². The van der Waals surface area contributed by atoms with Gasteiger partial charge in [0.2, 0.25) is 5.89 Å². The van der Waals surface area contributed by atoms with E-state index >= 15 is 0 Å². The van der Waals surface area contributed by atoms with Crippen LogP contribution in [0, 0.1) is 0 Å². The lowest BCUT2D eigenvalue weighted by molar-refractivity contribution is -0.135. The van der Waals surface area contributed by atoms with Gasteiger partial charge in [-0.2, -0.15) is 0 Å². The number of hydrogen-bond acceptors (Lipinski definition) is 4. The van der Waals surface area contributed by atoms with E-state index in [0.29, 0.717) is 17.0 Å². The highest BCUT2D eigenvalue weighted by Gasteiger charge is 2.14. The monoisotopic (exact) mass is 378 g/mol. The van der Waals surface area contributed by atoms with Crippen molar-refractivity contribution in [3.05, 3.63) is 60.0 Å². The van der Waals surface area contributed by atoms with E-state index in [4.69, 9.17) is 4.42 Å². The van der Waals surface area contributed by atoms with Gasteiger partial charge in [-0.15, -0.1) is 0 Å². The number of carbonyl (C=O) groups is 1. The number of hydrogen-bond donors (Lipinski definition) is 1. The van der Waals surface area contributed by atoms with Crippen LogP contribution in [0.1, 0.15) is 44.6 Å². The quantitative estimate of drug-likeness (QED) is 0.535. The molecule has 1 N–H and O–H groups in total. The fourth-order valence-electron chi connectivity index (χ4n) is 3.25. The first-order chi connectivity index (χ1) is 13.6. The van der Waals surface area contributed by atoms with Crippen molar-refractivity contribution >= 4 is 34.4 Å². The van der Waals surface area contributed by atoms with Gasteiger partial charge in [0.05, 0.1) is 6.42 Å².